The standard InChI is InChI=1S/C16H22N4O2S/c1-6-9(2)18-19-15-17-13-12(14(21)20(15)5)10-7-16(3,4)22-8-11(10)23-13/h6-8H2,1-5H3,(H,17,19)/b18-9+. The van der Waals surface area contributed by atoms with Gasteiger partial charge in [-0.2, -0.15) is 5.10 Å². The number of hydrazone groups is 1. The Balaban J connectivity index is 2.13. The fourth-order valence-electron chi connectivity index (χ4n) is 2.60. The summed E-state index contributed by atoms with van der Waals surface area (Å²) in [6.45, 7) is 8.62. The molecule has 0 spiro atoms. The Morgan fingerprint density at radius 2 is 2.26 bits per heavy atom. The highest BCUT2D eigenvalue weighted by Gasteiger charge is 2.31. The molecule has 0 unspecified atom stereocenters. The Morgan fingerprint density at radius 3 is 2.96 bits per heavy atom. The number of anilines is 1. The molecule has 0 radical (unpaired) electrons. The summed E-state index contributed by atoms with van der Waals surface area (Å²) in [6.07, 6.45) is 1.59. The summed E-state index contributed by atoms with van der Waals surface area (Å²) in [6, 6.07) is 0. The summed E-state index contributed by atoms with van der Waals surface area (Å²) in [5.41, 5.74) is 4.68. The number of aromatic nitrogens is 2. The maximum Gasteiger partial charge on any atom is 0.263 e. The molecule has 124 valence electrons. The van der Waals surface area contributed by atoms with Gasteiger partial charge in [-0.1, -0.05) is 6.92 Å². The van der Waals surface area contributed by atoms with Gasteiger partial charge in [-0.3, -0.25) is 9.36 Å². The molecular weight excluding hydrogens is 312 g/mol. The highest BCUT2D eigenvalue weighted by atomic mass is 32.1. The lowest BCUT2D eigenvalue weighted by Crippen LogP contribution is -2.32. The first-order valence-corrected chi connectivity index (χ1v) is 8.58. The number of nitrogens with zero attached hydrogens (tertiary/aromatic N) is 3. The average molecular weight is 334 g/mol. The summed E-state index contributed by atoms with van der Waals surface area (Å²) in [7, 11) is 1.72. The van der Waals surface area contributed by atoms with E-state index in [4.69, 9.17) is 4.74 Å². The Labute approximate surface area is 139 Å². The Kier molecular flexibility index (Phi) is 4.01. The fourth-order valence-corrected chi connectivity index (χ4v) is 3.69. The molecule has 0 saturated heterocycles. The van der Waals surface area contributed by atoms with Gasteiger partial charge in [0.25, 0.3) is 5.56 Å². The minimum atomic E-state index is -0.245. The van der Waals surface area contributed by atoms with E-state index in [2.05, 4.69) is 29.4 Å². The van der Waals surface area contributed by atoms with E-state index in [0.717, 1.165) is 39.2 Å². The van der Waals surface area contributed by atoms with Crippen molar-refractivity contribution in [1.82, 2.24) is 9.55 Å². The van der Waals surface area contributed by atoms with Gasteiger partial charge in [0.05, 0.1) is 17.6 Å². The van der Waals surface area contributed by atoms with Crippen LogP contribution in [-0.4, -0.2) is 20.9 Å². The van der Waals surface area contributed by atoms with Crippen LogP contribution in [0.1, 0.15) is 44.6 Å². The van der Waals surface area contributed by atoms with Crippen molar-refractivity contribution in [3.05, 3.63) is 20.8 Å². The zero-order valence-corrected chi connectivity index (χ0v) is 15.0. The van der Waals surface area contributed by atoms with E-state index in [1.54, 1.807) is 7.05 Å². The SMILES string of the molecule is CC/C(C)=N/Nc1nc2sc3c(c2c(=O)n1C)CC(C)(C)OC3. The van der Waals surface area contributed by atoms with E-state index in [-0.39, 0.29) is 11.2 Å². The van der Waals surface area contributed by atoms with Crippen LogP contribution in [0.25, 0.3) is 10.2 Å². The van der Waals surface area contributed by atoms with Crippen molar-refractivity contribution in [3.63, 3.8) is 0 Å². The summed E-state index contributed by atoms with van der Waals surface area (Å²) in [5.74, 6) is 0.467. The summed E-state index contributed by atoms with van der Waals surface area (Å²) >= 11 is 1.54. The van der Waals surface area contributed by atoms with Gasteiger partial charge < -0.3 is 4.74 Å². The van der Waals surface area contributed by atoms with Crippen molar-refractivity contribution in [1.29, 1.82) is 0 Å². The molecule has 0 aliphatic carbocycles. The Hall–Kier alpha value is -1.73. The predicted octanol–water partition coefficient (Wildman–Crippen LogP) is 3.04. The molecule has 0 amide bonds. The lowest BCUT2D eigenvalue weighted by Gasteiger charge is -2.29. The third-order valence-electron chi connectivity index (χ3n) is 4.17. The lowest BCUT2D eigenvalue weighted by molar-refractivity contribution is -0.0379. The zero-order chi connectivity index (χ0) is 16.8. The first kappa shape index (κ1) is 16.1. The number of ether oxygens (including phenoxy) is 1. The fraction of sp³-hybridized carbons (Fsp3) is 0.562. The van der Waals surface area contributed by atoms with Gasteiger partial charge in [-0.15, -0.1) is 11.3 Å². The van der Waals surface area contributed by atoms with Crippen LogP contribution in [0.2, 0.25) is 0 Å². The maximum atomic E-state index is 12.8. The number of hydrogen-bond donors (Lipinski definition) is 1. The van der Waals surface area contributed by atoms with Crippen LogP contribution in [0, 0.1) is 0 Å². The predicted molar refractivity (Wildman–Crippen MR) is 94.5 cm³/mol. The van der Waals surface area contributed by atoms with Crippen molar-refractivity contribution in [2.75, 3.05) is 5.43 Å². The molecule has 1 aliphatic heterocycles. The second kappa shape index (κ2) is 5.72. The molecule has 1 N–H and O–H groups in total. The van der Waals surface area contributed by atoms with Gasteiger partial charge in [-0.05, 0) is 32.8 Å². The zero-order valence-electron chi connectivity index (χ0n) is 14.2. The van der Waals surface area contributed by atoms with E-state index in [1.807, 2.05) is 13.8 Å². The van der Waals surface area contributed by atoms with Crippen molar-refractivity contribution in [3.8, 4) is 0 Å². The summed E-state index contributed by atoms with van der Waals surface area (Å²) in [4.78, 5) is 19.3. The van der Waals surface area contributed by atoms with Crippen molar-refractivity contribution >= 4 is 33.2 Å². The normalized spacial score (nSPS) is 17.3. The molecule has 7 heteroatoms. The quantitative estimate of drug-likeness (QED) is 0.692. The molecule has 3 rings (SSSR count). The molecule has 0 atom stereocenters. The topological polar surface area (TPSA) is 68.5 Å². The Morgan fingerprint density at radius 1 is 1.52 bits per heavy atom. The number of nitrogens with one attached hydrogen (secondary N) is 1. The largest absolute Gasteiger partial charge is 0.370 e. The molecule has 0 fully saturated rings. The molecule has 0 aromatic carbocycles. The van der Waals surface area contributed by atoms with Gasteiger partial charge >= 0.3 is 0 Å². The maximum absolute atomic E-state index is 12.8. The second-order valence-corrected chi connectivity index (χ2v) is 7.60. The van der Waals surface area contributed by atoms with Crippen LogP contribution in [0.15, 0.2) is 9.90 Å². The van der Waals surface area contributed by atoms with Crippen molar-refractivity contribution in [2.24, 2.45) is 12.1 Å². The van der Waals surface area contributed by atoms with Crippen LogP contribution in [0.5, 0.6) is 0 Å². The van der Waals surface area contributed by atoms with Gasteiger partial charge in [0.15, 0.2) is 0 Å². The molecular formula is C16H22N4O2S. The van der Waals surface area contributed by atoms with Crippen LogP contribution in [-0.2, 0) is 24.8 Å². The van der Waals surface area contributed by atoms with E-state index in [1.165, 1.54) is 15.9 Å². The number of hydrogen-bond acceptors (Lipinski definition) is 6. The number of fused-ring (bicyclic) bond motifs is 3. The molecule has 0 bridgehead atoms. The third kappa shape index (κ3) is 2.90. The summed E-state index contributed by atoms with van der Waals surface area (Å²) < 4.78 is 7.38. The average Bonchev–Trinajstić information content (AvgIpc) is 2.85. The van der Waals surface area contributed by atoms with Crippen LogP contribution in [0.4, 0.5) is 5.95 Å². The molecule has 2 aromatic heterocycles. The van der Waals surface area contributed by atoms with Gasteiger partial charge in [0.2, 0.25) is 5.95 Å². The number of thiophene rings is 1. The lowest BCUT2D eigenvalue weighted by atomic mass is 9.94. The highest BCUT2D eigenvalue weighted by molar-refractivity contribution is 7.18. The smallest absolute Gasteiger partial charge is 0.263 e. The first-order valence-electron chi connectivity index (χ1n) is 7.77. The van der Waals surface area contributed by atoms with E-state index >= 15 is 0 Å². The van der Waals surface area contributed by atoms with E-state index < -0.39 is 0 Å². The van der Waals surface area contributed by atoms with E-state index in [0.29, 0.717) is 12.6 Å². The van der Waals surface area contributed by atoms with Crippen molar-refractivity contribution in [2.45, 2.75) is 52.7 Å². The van der Waals surface area contributed by atoms with Crippen molar-refractivity contribution < 1.29 is 4.74 Å². The monoisotopic (exact) mass is 334 g/mol. The third-order valence-corrected chi connectivity index (χ3v) is 5.27. The summed E-state index contributed by atoms with van der Waals surface area (Å²) in [5, 5.41) is 4.98. The molecule has 2 aromatic rings. The van der Waals surface area contributed by atoms with Crippen LogP contribution >= 0.6 is 11.3 Å². The highest BCUT2D eigenvalue weighted by Crippen LogP contribution is 2.37. The molecule has 23 heavy (non-hydrogen) atoms. The first-order chi connectivity index (χ1) is 10.8. The number of rotatable bonds is 3. The van der Waals surface area contributed by atoms with Gasteiger partial charge in [-0.25, -0.2) is 10.4 Å². The minimum absolute atomic E-state index is 0.0305. The minimum Gasteiger partial charge on any atom is -0.370 e. The Bertz CT molecular complexity index is 848. The second-order valence-electron chi connectivity index (χ2n) is 6.52. The molecule has 0 saturated carbocycles. The molecule has 6 nitrogen and oxygen atoms in total. The van der Waals surface area contributed by atoms with E-state index in [9.17, 15) is 4.79 Å². The van der Waals surface area contributed by atoms with Gasteiger partial charge in [0, 0.05) is 24.1 Å². The van der Waals surface area contributed by atoms with Crippen LogP contribution in [0.3, 0.4) is 0 Å². The molecule has 3 heterocycles. The van der Waals surface area contributed by atoms with Crippen LogP contribution < -0.4 is 11.0 Å². The van der Waals surface area contributed by atoms with Gasteiger partial charge in [0.1, 0.15) is 4.83 Å². The molecule has 1 aliphatic rings.